The van der Waals surface area contributed by atoms with Crippen LogP contribution in [-0.4, -0.2) is 24.5 Å². The standard InChI is InChI=1S/C22H20N6/c1-16(11-18-3-6-20(7-4-18)28-14-17(2)26-15-28)27-22-8-5-19(12-25-22)21-13-23-9-10-24-21/h3-10,12-15H,1,11H2,2H3,(H,25,27). The fraction of sp³-hybridized carbons (Fsp3) is 0.0909. The molecule has 0 radical (unpaired) electrons. The summed E-state index contributed by atoms with van der Waals surface area (Å²) >= 11 is 0. The maximum Gasteiger partial charge on any atom is 0.130 e. The zero-order valence-corrected chi connectivity index (χ0v) is 15.6. The number of nitrogens with zero attached hydrogens (tertiary/aromatic N) is 5. The molecule has 0 aliphatic carbocycles. The second kappa shape index (κ2) is 7.84. The average molecular weight is 368 g/mol. The second-order valence-corrected chi connectivity index (χ2v) is 6.52. The van der Waals surface area contributed by atoms with Crippen LogP contribution in [0.15, 0.2) is 86.0 Å². The molecule has 0 bridgehead atoms. The molecule has 0 saturated heterocycles. The van der Waals surface area contributed by atoms with Crippen LogP contribution >= 0.6 is 0 Å². The van der Waals surface area contributed by atoms with E-state index in [2.05, 4.69) is 56.1 Å². The third kappa shape index (κ3) is 4.12. The van der Waals surface area contributed by atoms with Crippen molar-refractivity contribution in [2.45, 2.75) is 13.3 Å². The van der Waals surface area contributed by atoms with Gasteiger partial charge in [0.25, 0.3) is 0 Å². The molecule has 28 heavy (non-hydrogen) atoms. The van der Waals surface area contributed by atoms with Crippen LogP contribution < -0.4 is 5.32 Å². The van der Waals surface area contributed by atoms with Crippen LogP contribution in [0.25, 0.3) is 16.9 Å². The predicted molar refractivity (Wildman–Crippen MR) is 110 cm³/mol. The topological polar surface area (TPSA) is 68.5 Å². The van der Waals surface area contributed by atoms with E-state index in [4.69, 9.17) is 0 Å². The lowest BCUT2D eigenvalue weighted by Gasteiger charge is -2.10. The number of aryl methyl sites for hydroxylation is 1. The fourth-order valence-corrected chi connectivity index (χ4v) is 2.89. The molecule has 0 saturated carbocycles. The van der Waals surface area contributed by atoms with Crippen LogP contribution in [0.5, 0.6) is 0 Å². The summed E-state index contributed by atoms with van der Waals surface area (Å²) in [4.78, 5) is 17.1. The molecule has 1 aromatic carbocycles. The third-order valence-electron chi connectivity index (χ3n) is 4.29. The van der Waals surface area contributed by atoms with Gasteiger partial charge in [0.1, 0.15) is 5.82 Å². The van der Waals surface area contributed by atoms with E-state index in [0.29, 0.717) is 0 Å². The van der Waals surface area contributed by atoms with Gasteiger partial charge in [-0.05, 0) is 36.8 Å². The molecule has 0 spiro atoms. The van der Waals surface area contributed by atoms with E-state index in [9.17, 15) is 0 Å². The van der Waals surface area contributed by atoms with E-state index in [1.54, 1.807) is 24.8 Å². The van der Waals surface area contributed by atoms with Gasteiger partial charge >= 0.3 is 0 Å². The molecular formula is C22H20N6. The zero-order chi connectivity index (χ0) is 19.3. The van der Waals surface area contributed by atoms with Crippen molar-refractivity contribution in [3.05, 3.63) is 97.2 Å². The second-order valence-electron chi connectivity index (χ2n) is 6.52. The quantitative estimate of drug-likeness (QED) is 0.552. The number of allylic oxidation sites excluding steroid dienone is 1. The lowest BCUT2D eigenvalue weighted by molar-refractivity contribution is 1.05. The SMILES string of the molecule is C=C(Cc1ccc(-n2cnc(C)c2)cc1)Nc1ccc(-c2cnccn2)cn1. The summed E-state index contributed by atoms with van der Waals surface area (Å²) in [6.07, 6.45) is 11.4. The lowest BCUT2D eigenvalue weighted by atomic mass is 10.1. The van der Waals surface area contributed by atoms with Gasteiger partial charge in [0.05, 0.1) is 23.9 Å². The van der Waals surface area contributed by atoms with Crippen LogP contribution in [0.4, 0.5) is 5.82 Å². The van der Waals surface area contributed by atoms with Crippen molar-refractivity contribution >= 4 is 5.82 Å². The normalized spacial score (nSPS) is 10.6. The summed E-state index contributed by atoms with van der Waals surface area (Å²) in [5.74, 6) is 0.753. The largest absolute Gasteiger partial charge is 0.344 e. The molecule has 138 valence electrons. The molecule has 0 atom stereocenters. The summed E-state index contributed by atoms with van der Waals surface area (Å²) in [5, 5.41) is 3.26. The maximum atomic E-state index is 4.44. The fourth-order valence-electron chi connectivity index (χ4n) is 2.89. The Kier molecular flexibility index (Phi) is 4.93. The average Bonchev–Trinajstić information content (AvgIpc) is 3.16. The molecule has 0 aliphatic heterocycles. The van der Waals surface area contributed by atoms with Gasteiger partial charge < -0.3 is 9.88 Å². The van der Waals surface area contributed by atoms with Crippen molar-refractivity contribution in [3.63, 3.8) is 0 Å². The molecule has 6 heteroatoms. The molecule has 3 heterocycles. The molecule has 6 nitrogen and oxygen atoms in total. The highest BCUT2D eigenvalue weighted by Gasteiger charge is 2.04. The van der Waals surface area contributed by atoms with Gasteiger partial charge in [-0.15, -0.1) is 0 Å². The number of pyridine rings is 1. The van der Waals surface area contributed by atoms with Crippen LogP contribution in [0.3, 0.4) is 0 Å². The Bertz CT molecular complexity index is 1070. The van der Waals surface area contributed by atoms with Crippen molar-refractivity contribution in [2.75, 3.05) is 5.32 Å². The first kappa shape index (κ1) is 17.6. The summed E-state index contributed by atoms with van der Waals surface area (Å²) in [5.41, 5.74) is 5.87. The van der Waals surface area contributed by atoms with Gasteiger partial charge in [-0.3, -0.25) is 9.97 Å². The highest BCUT2D eigenvalue weighted by Crippen LogP contribution is 2.18. The number of rotatable bonds is 6. The maximum absolute atomic E-state index is 4.44. The number of anilines is 1. The molecule has 0 unspecified atom stereocenters. The monoisotopic (exact) mass is 368 g/mol. The van der Waals surface area contributed by atoms with E-state index in [0.717, 1.165) is 40.6 Å². The number of imidazole rings is 1. The molecular weight excluding hydrogens is 348 g/mol. The van der Waals surface area contributed by atoms with Gasteiger partial charge in [-0.1, -0.05) is 18.7 Å². The van der Waals surface area contributed by atoms with E-state index >= 15 is 0 Å². The van der Waals surface area contributed by atoms with Gasteiger partial charge in [-0.2, -0.15) is 0 Å². The van der Waals surface area contributed by atoms with E-state index in [1.165, 1.54) is 5.56 Å². The first-order valence-corrected chi connectivity index (χ1v) is 8.94. The Balaban J connectivity index is 1.37. The summed E-state index contributed by atoms with van der Waals surface area (Å²) in [7, 11) is 0. The van der Waals surface area contributed by atoms with Gasteiger partial charge in [0.2, 0.25) is 0 Å². The highest BCUT2D eigenvalue weighted by atomic mass is 15.0. The molecule has 4 rings (SSSR count). The van der Waals surface area contributed by atoms with Crippen LogP contribution in [0.2, 0.25) is 0 Å². The predicted octanol–water partition coefficient (Wildman–Crippen LogP) is 4.20. The van der Waals surface area contributed by atoms with Crippen molar-refractivity contribution in [3.8, 4) is 16.9 Å². The summed E-state index contributed by atoms with van der Waals surface area (Å²) in [6.45, 7) is 6.10. The first-order chi connectivity index (χ1) is 13.7. The van der Waals surface area contributed by atoms with E-state index in [1.807, 2.05) is 36.1 Å². The van der Waals surface area contributed by atoms with Crippen molar-refractivity contribution < 1.29 is 0 Å². The molecule has 0 amide bonds. The number of nitrogens with one attached hydrogen (secondary N) is 1. The molecule has 1 N–H and O–H groups in total. The van der Waals surface area contributed by atoms with Gasteiger partial charge in [0, 0.05) is 48.2 Å². The summed E-state index contributed by atoms with van der Waals surface area (Å²) < 4.78 is 2.01. The number of benzene rings is 1. The summed E-state index contributed by atoms with van der Waals surface area (Å²) in [6, 6.07) is 12.2. The Morgan fingerprint density at radius 1 is 1.00 bits per heavy atom. The Labute approximate surface area is 163 Å². The number of hydrogen-bond donors (Lipinski definition) is 1. The number of hydrogen-bond acceptors (Lipinski definition) is 5. The molecule has 0 fully saturated rings. The van der Waals surface area contributed by atoms with Crippen LogP contribution in [0, 0.1) is 6.92 Å². The van der Waals surface area contributed by atoms with Gasteiger partial charge in [0.15, 0.2) is 0 Å². The first-order valence-electron chi connectivity index (χ1n) is 8.94. The zero-order valence-electron chi connectivity index (χ0n) is 15.6. The van der Waals surface area contributed by atoms with E-state index in [-0.39, 0.29) is 0 Å². The van der Waals surface area contributed by atoms with Crippen molar-refractivity contribution in [2.24, 2.45) is 0 Å². The number of aromatic nitrogens is 5. The molecule has 4 aromatic rings. The Hall–Kier alpha value is -3.80. The van der Waals surface area contributed by atoms with E-state index < -0.39 is 0 Å². The minimum absolute atomic E-state index is 0.719. The highest BCUT2D eigenvalue weighted by molar-refractivity contribution is 5.59. The molecule has 0 aliphatic rings. The minimum atomic E-state index is 0.719. The lowest BCUT2D eigenvalue weighted by Crippen LogP contribution is -2.03. The van der Waals surface area contributed by atoms with Gasteiger partial charge in [-0.25, -0.2) is 9.97 Å². The Morgan fingerprint density at radius 3 is 2.50 bits per heavy atom. The van der Waals surface area contributed by atoms with Crippen molar-refractivity contribution in [1.82, 2.24) is 24.5 Å². The van der Waals surface area contributed by atoms with Crippen LogP contribution in [0.1, 0.15) is 11.3 Å². The Morgan fingerprint density at radius 2 is 1.86 bits per heavy atom. The van der Waals surface area contributed by atoms with Crippen LogP contribution in [-0.2, 0) is 6.42 Å². The smallest absolute Gasteiger partial charge is 0.130 e. The van der Waals surface area contributed by atoms with Crippen molar-refractivity contribution in [1.29, 1.82) is 0 Å². The third-order valence-corrected chi connectivity index (χ3v) is 4.29. The minimum Gasteiger partial charge on any atom is -0.344 e. The molecule has 3 aromatic heterocycles.